The third-order valence-corrected chi connectivity index (χ3v) is 3.36. The second-order valence-electron chi connectivity index (χ2n) is 4.95. The summed E-state index contributed by atoms with van der Waals surface area (Å²) in [6, 6.07) is 8.30. The summed E-state index contributed by atoms with van der Waals surface area (Å²) in [5.41, 5.74) is 2.42. The normalized spacial score (nSPS) is 12.2. The van der Waals surface area contributed by atoms with Crippen molar-refractivity contribution in [2.24, 2.45) is 5.92 Å². The molecule has 0 spiro atoms. The molecule has 1 aromatic rings. The quantitative estimate of drug-likeness (QED) is 0.779. The van der Waals surface area contributed by atoms with Gasteiger partial charge in [0, 0.05) is 12.5 Å². The van der Waals surface area contributed by atoms with Gasteiger partial charge in [0.25, 0.3) is 0 Å². The van der Waals surface area contributed by atoms with E-state index in [0.717, 1.165) is 25.7 Å². The first-order valence-corrected chi connectivity index (χ1v) is 7.00. The maximum atomic E-state index is 12.0. The van der Waals surface area contributed by atoms with E-state index in [2.05, 4.69) is 50.4 Å². The van der Waals surface area contributed by atoms with Crippen LogP contribution in [0.25, 0.3) is 0 Å². The van der Waals surface area contributed by atoms with Crippen LogP contribution in [0.5, 0.6) is 0 Å². The Morgan fingerprint density at radius 3 is 2.44 bits per heavy atom. The number of carbonyl (C=O) groups is 1. The third kappa shape index (κ3) is 4.91. The molecule has 0 aliphatic rings. The smallest absolute Gasteiger partial charge is 0.223 e. The van der Waals surface area contributed by atoms with E-state index in [1.54, 1.807) is 0 Å². The number of hydrogen-bond donors (Lipinski definition) is 1. The predicted octanol–water partition coefficient (Wildman–Crippen LogP) is 3.83. The van der Waals surface area contributed by atoms with Gasteiger partial charge in [0.05, 0.1) is 0 Å². The summed E-state index contributed by atoms with van der Waals surface area (Å²) in [6.07, 6.45) is 4.23. The molecule has 2 nitrogen and oxygen atoms in total. The second-order valence-corrected chi connectivity index (χ2v) is 4.95. The first-order valence-electron chi connectivity index (χ1n) is 7.00. The van der Waals surface area contributed by atoms with Crippen LogP contribution in [0.4, 0.5) is 0 Å². The van der Waals surface area contributed by atoms with Crippen LogP contribution < -0.4 is 5.32 Å². The number of carbonyl (C=O) groups excluding carboxylic acids is 1. The lowest BCUT2D eigenvalue weighted by Gasteiger charge is -2.14. The zero-order valence-electron chi connectivity index (χ0n) is 11.8. The number of benzene rings is 1. The molecule has 0 saturated carbocycles. The Bertz CT molecular complexity index is 356. The summed E-state index contributed by atoms with van der Waals surface area (Å²) in [7, 11) is 0. The van der Waals surface area contributed by atoms with E-state index in [0.29, 0.717) is 6.54 Å². The molecule has 0 aliphatic carbocycles. The van der Waals surface area contributed by atoms with E-state index in [4.69, 9.17) is 0 Å². The van der Waals surface area contributed by atoms with Crippen LogP contribution in [0.15, 0.2) is 24.3 Å². The molecule has 0 fully saturated rings. The van der Waals surface area contributed by atoms with Gasteiger partial charge in [0.2, 0.25) is 5.91 Å². The van der Waals surface area contributed by atoms with Crippen LogP contribution in [0.1, 0.15) is 50.7 Å². The van der Waals surface area contributed by atoms with Crippen LogP contribution in [0, 0.1) is 12.8 Å². The van der Waals surface area contributed by atoms with Crippen LogP contribution in [-0.4, -0.2) is 5.91 Å². The zero-order valence-corrected chi connectivity index (χ0v) is 11.8. The van der Waals surface area contributed by atoms with Crippen molar-refractivity contribution in [2.45, 2.75) is 53.0 Å². The molecule has 100 valence electrons. The summed E-state index contributed by atoms with van der Waals surface area (Å²) in [4.78, 5) is 12.0. The number of unbranched alkanes of at least 4 members (excludes halogenated alkanes) is 1. The molecule has 1 atom stereocenters. The molecule has 0 radical (unpaired) electrons. The predicted molar refractivity (Wildman–Crippen MR) is 76.3 cm³/mol. The second kappa shape index (κ2) is 7.91. The molecule has 0 heterocycles. The molecule has 1 amide bonds. The number of amides is 1. The number of nitrogens with one attached hydrogen (secondary N) is 1. The highest BCUT2D eigenvalue weighted by Gasteiger charge is 2.14. The van der Waals surface area contributed by atoms with Crippen molar-refractivity contribution in [3.05, 3.63) is 35.4 Å². The Morgan fingerprint density at radius 2 is 1.89 bits per heavy atom. The van der Waals surface area contributed by atoms with E-state index in [1.807, 2.05) is 0 Å². The van der Waals surface area contributed by atoms with Crippen molar-refractivity contribution < 1.29 is 4.79 Å². The van der Waals surface area contributed by atoms with Crippen molar-refractivity contribution in [3.8, 4) is 0 Å². The minimum Gasteiger partial charge on any atom is -0.352 e. The lowest BCUT2D eigenvalue weighted by Crippen LogP contribution is -2.30. The van der Waals surface area contributed by atoms with Gasteiger partial charge in [0.1, 0.15) is 0 Å². The first kappa shape index (κ1) is 14.7. The number of hydrogen-bond acceptors (Lipinski definition) is 1. The Kier molecular flexibility index (Phi) is 6.48. The van der Waals surface area contributed by atoms with E-state index in [-0.39, 0.29) is 11.8 Å². The van der Waals surface area contributed by atoms with E-state index in [9.17, 15) is 4.79 Å². The number of aryl methyl sites for hydroxylation is 1. The highest BCUT2D eigenvalue weighted by atomic mass is 16.1. The molecule has 1 N–H and O–H groups in total. The average Bonchev–Trinajstić information content (AvgIpc) is 2.39. The van der Waals surface area contributed by atoms with Gasteiger partial charge in [-0.05, 0) is 25.3 Å². The molecule has 2 heteroatoms. The van der Waals surface area contributed by atoms with Gasteiger partial charge in [-0.2, -0.15) is 0 Å². The summed E-state index contributed by atoms with van der Waals surface area (Å²) in [5.74, 6) is 0.377. The SMILES string of the molecule is CCCC[C@H](CC)C(=O)NCc1ccc(C)cc1. The van der Waals surface area contributed by atoms with Crippen LogP contribution in [0.2, 0.25) is 0 Å². The van der Waals surface area contributed by atoms with Crippen molar-refractivity contribution in [1.82, 2.24) is 5.32 Å². The fourth-order valence-electron chi connectivity index (χ4n) is 2.01. The monoisotopic (exact) mass is 247 g/mol. The minimum atomic E-state index is 0.176. The standard InChI is InChI=1S/C16H25NO/c1-4-6-7-15(5-2)16(18)17-12-14-10-8-13(3)9-11-14/h8-11,15H,4-7,12H2,1-3H3,(H,17,18)/t15-/m0/s1. The van der Waals surface area contributed by atoms with Gasteiger partial charge in [-0.3, -0.25) is 4.79 Å². The maximum absolute atomic E-state index is 12.0. The van der Waals surface area contributed by atoms with E-state index >= 15 is 0 Å². The van der Waals surface area contributed by atoms with Crippen molar-refractivity contribution in [2.75, 3.05) is 0 Å². The van der Waals surface area contributed by atoms with Crippen LogP contribution >= 0.6 is 0 Å². The van der Waals surface area contributed by atoms with Crippen molar-refractivity contribution in [3.63, 3.8) is 0 Å². The van der Waals surface area contributed by atoms with Gasteiger partial charge in [-0.1, -0.05) is 56.5 Å². The lowest BCUT2D eigenvalue weighted by molar-refractivity contribution is -0.125. The molecular formula is C16H25NO. The maximum Gasteiger partial charge on any atom is 0.223 e. The molecule has 1 aromatic carbocycles. The van der Waals surface area contributed by atoms with Crippen molar-refractivity contribution in [1.29, 1.82) is 0 Å². The summed E-state index contributed by atoms with van der Waals surface area (Å²) < 4.78 is 0. The average molecular weight is 247 g/mol. The largest absolute Gasteiger partial charge is 0.352 e. The molecule has 1 rings (SSSR count). The first-order chi connectivity index (χ1) is 8.67. The van der Waals surface area contributed by atoms with Crippen LogP contribution in [-0.2, 0) is 11.3 Å². The van der Waals surface area contributed by atoms with E-state index in [1.165, 1.54) is 11.1 Å². The zero-order chi connectivity index (χ0) is 13.4. The molecule has 0 saturated heterocycles. The Hall–Kier alpha value is -1.31. The van der Waals surface area contributed by atoms with Gasteiger partial charge in [-0.15, -0.1) is 0 Å². The molecule has 0 unspecified atom stereocenters. The summed E-state index contributed by atoms with van der Waals surface area (Å²) in [6.45, 7) is 6.96. The topological polar surface area (TPSA) is 29.1 Å². The fraction of sp³-hybridized carbons (Fsp3) is 0.562. The minimum absolute atomic E-state index is 0.176. The van der Waals surface area contributed by atoms with Gasteiger partial charge in [0.15, 0.2) is 0 Å². The van der Waals surface area contributed by atoms with E-state index < -0.39 is 0 Å². The third-order valence-electron chi connectivity index (χ3n) is 3.36. The summed E-state index contributed by atoms with van der Waals surface area (Å²) >= 11 is 0. The number of rotatable bonds is 7. The fourth-order valence-corrected chi connectivity index (χ4v) is 2.01. The Morgan fingerprint density at radius 1 is 1.22 bits per heavy atom. The Balaban J connectivity index is 2.41. The molecule has 0 aromatic heterocycles. The van der Waals surface area contributed by atoms with Gasteiger partial charge < -0.3 is 5.32 Å². The van der Waals surface area contributed by atoms with Crippen LogP contribution in [0.3, 0.4) is 0 Å². The lowest BCUT2D eigenvalue weighted by atomic mass is 9.98. The molecule has 0 bridgehead atoms. The van der Waals surface area contributed by atoms with Crippen molar-refractivity contribution >= 4 is 5.91 Å². The highest BCUT2D eigenvalue weighted by Crippen LogP contribution is 2.13. The molecular weight excluding hydrogens is 222 g/mol. The summed E-state index contributed by atoms with van der Waals surface area (Å²) in [5, 5.41) is 3.04. The highest BCUT2D eigenvalue weighted by molar-refractivity contribution is 5.78. The molecule has 18 heavy (non-hydrogen) atoms. The Labute approximate surface area is 111 Å². The van der Waals surface area contributed by atoms with Gasteiger partial charge >= 0.3 is 0 Å². The molecule has 0 aliphatic heterocycles. The van der Waals surface area contributed by atoms with Gasteiger partial charge in [-0.25, -0.2) is 0 Å².